The van der Waals surface area contributed by atoms with Crippen LogP contribution in [0, 0.1) is 0 Å². The smallest absolute Gasteiger partial charge is 0.412 e. The summed E-state index contributed by atoms with van der Waals surface area (Å²) in [6.07, 6.45) is 10.3. The lowest BCUT2D eigenvalue weighted by atomic mass is 9.96. The molecule has 0 atom stereocenters. The molecule has 0 aliphatic carbocycles. The molecule has 0 aromatic heterocycles. The molecule has 0 unspecified atom stereocenters. The van der Waals surface area contributed by atoms with Crippen molar-refractivity contribution in [3.63, 3.8) is 0 Å². The van der Waals surface area contributed by atoms with Gasteiger partial charge < -0.3 is 14.6 Å². The number of carboxylic acids is 1. The van der Waals surface area contributed by atoms with Crippen LogP contribution >= 0.6 is 0 Å². The van der Waals surface area contributed by atoms with Gasteiger partial charge in [-0.05, 0) is 63.3 Å². The van der Waals surface area contributed by atoms with Crippen LogP contribution in [0.2, 0.25) is 0 Å². The lowest BCUT2D eigenvalue weighted by Gasteiger charge is -2.21. The third kappa shape index (κ3) is 11.2. The van der Waals surface area contributed by atoms with Crippen molar-refractivity contribution < 1.29 is 24.2 Å². The van der Waals surface area contributed by atoms with Crippen LogP contribution in [0.1, 0.15) is 101 Å². The molecule has 0 spiro atoms. The molecule has 31 heavy (non-hydrogen) atoms. The number of carbonyl (C=O) groups excluding carboxylic acids is 1. The molecule has 0 bridgehead atoms. The first-order valence-corrected chi connectivity index (χ1v) is 11.6. The number of nitrogens with one attached hydrogen (secondary N) is 1. The second-order valence-electron chi connectivity index (χ2n) is 9.07. The van der Waals surface area contributed by atoms with Crippen molar-refractivity contribution in [1.29, 1.82) is 0 Å². The van der Waals surface area contributed by atoms with E-state index in [0.29, 0.717) is 24.3 Å². The topological polar surface area (TPSA) is 84.9 Å². The van der Waals surface area contributed by atoms with E-state index in [1.54, 1.807) is 33.9 Å². The van der Waals surface area contributed by atoms with Gasteiger partial charge in [0.25, 0.3) is 0 Å². The number of hydrogen-bond donors (Lipinski definition) is 2. The fraction of sp³-hybridized carbons (Fsp3) is 0.680. The number of hydrogen-bond acceptors (Lipinski definition) is 4. The SMILES string of the molecule is CCCCCCCCCCc1cc(NC(=O)OC(C)(C)C)c(CCOC)c(C(=O)O)c1. The molecule has 0 saturated heterocycles. The van der Waals surface area contributed by atoms with E-state index in [0.717, 1.165) is 24.8 Å². The minimum Gasteiger partial charge on any atom is -0.478 e. The standard InChI is InChI=1S/C25H41NO5/c1-6-7-8-9-10-11-12-13-14-19-17-21(23(27)28)20(15-16-30-5)22(18-19)26-24(29)31-25(2,3)4/h17-18H,6-16H2,1-5H3,(H,26,29)(H,27,28). The second kappa shape index (κ2) is 14.1. The molecule has 176 valence electrons. The summed E-state index contributed by atoms with van der Waals surface area (Å²) in [4.78, 5) is 24.3. The maximum Gasteiger partial charge on any atom is 0.412 e. The van der Waals surface area contributed by atoms with Crippen molar-refractivity contribution in [3.05, 3.63) is 28.8 Å². The monoisotopic (exact) mass is 435 g/mol. The first-order chi connectivity index (χ1) is 14.7. The van der Waals surface area contributed by atoms with Crippen LogP contribution in [0.3, 0.4) is 0 Å². The van der Waals surface area contributed by atoms with Crippen LogP contribution in [0.5, 0.6) is 0 Å². The zero-order valence-electron chi connectivity index (χ0n) is 20.0. The number of carboxylic acid groups (broad SMARTS) is 1. The van der Waals surface area contributed by atoms with E-state index in [-0.39, 0.29) is 5.56 Å². The second-order valence-corrected chi connectivity index (χ2v) is 9.07. The molecule has 0 heterocycles. The van der Waals surface area contributed by atoms with E-state index in [1.165, 1.54) is 38.5 Å². The van der Waals surface area contributed by atoms with Crippen molar-refractivity contribution in [1.82, 2.24) is 0 Å². The highest BCUT2D eigenvalue weighted by molar-refractivity contribution is 5.94. The van der Waals surface area contributed by atoms with Crippen LogP contribution in [-0.4, -0.2) is 36.5 Å². The van der Waals surface area contributed by atoms with Gasteiger partial charge >= 0.3 is 12.1 Å². The average molecular weight is 436 g/mol. The molecule has 6 heteroatoms. The molecule has 0 aliphatic rings. The van der Waals surface area contributed by atoms with E-state index in [1.807, 2.05) is 6.07 Å². The molecule has 0 fully saturated rings. The Labute approximate surface area is 187 Å². The van der Waals surface area contributed by atoms with Gasteiger partial charge in [-0.1, -0.05) is 51.9 Å². The largest absolute Gasteiger partial charge is 0.478 e. The summed E-state index contributed by atoms with van der Waals surface area (Å²) in [7, 11) is 1.57. The van der Waals surface area contributed by atoms with Crippen LogP contribution in [0.4, 0.5) is 10.5 Å². The van der Waals surface area contributed by atoms with Gasteiger partial charge in [0, 0.05) is 12.8 Å². The van der Waals surface area contributed by atoms with Crippen molar-refractivity contribution >= 4 is 17.7 Å². The van der Waals surface area contributed by atoms with E-state index >= 15 is 0 Å². The maximum atomic E-state index is 12.3. The number of benzene rings is 1. The molecule has 1 aromatic carbocycles. The third-order valence-corrected chi connectivity index (χ3v) is 5.05. The highest BCUT2D eigenvalue weighted by Crippen LogP contribution is 2.26. The normalized spacial score (nSPS) is 11.4. The summed E-state index contributed by atoms with van der Waals surface area (Å²) in [6, 6.07) is 3.61. The average Bonchev–Trinajstić information content (AvgIpc) is 2.67. The number of aryl methyl sites for hydroxylation is 1. The molecule has 6 nitrogen and oxygen atoms in total. The van der Waals surface area contributed by atoms with Gasteiger partial charge in [0.2, 0.25) is 0 Å². The first kappa shape index (κ1) is 27.0. The molecule has 2 N–H and O–H groups in total. The van der Waals surface area contributed by atoms with Crippen molar-refractivity contribution in [3.8, 4) is 0 Å². The van der Waals surface area contributed by atoms with Gasteiger partial charge in [0.05, 0.1) is 12.2 Å². The Morgan fingerprint density at radius 1 is 0.968 bits per heavy atom. The quantitative estimate of drug-likeness (QED) is 0.321. The molecule has 0 saturated carbocycles. The Balaban J connectivity index is 2.90. The Morgan fingerprint density at radius 2 is 1.58 bits per heavy atom. The zero-order valence-corrected chi connectivity index (χ0v) is 20.0. The molecule has 1 aromatic rings. The highest BCUT2D eigenvalue weighted by Gasteiger charge is 2.21. The fourth-order valence-electron chi connectivity index (χ4n) is 3.53. The molecule has 0 aliphatic heterocycles. The summed E-state index contributed by atoms with van der Waals surface area (Å²) in [5, 5.41) is 12.5. The summed E-state index contributed by atoms with van der Waals surface area (Å²) < 4.78 is 10.5. The number of amides is 1. The number of ether oxygens (including phenoxy) is 2. The Kier molecular flexibility index (Phi) is 12.2. The van der Waals surface area contributed by atoms with Gasteiger partial charge in [0.1, 0.15) is 5.60 Å². The number of unbranched alkanes of at least 4 members (excludes halogenated alkanes) is 7. The molecular weight excluding hydrogens is 394 g/mol. The van der Waals surface area contributed by atoms with Crippen LogP contribution < -0.4 is 5.32 Å². The number of carbonyl (C=O) groups is 2. The van der Waals surface area contributed by atoms with E-state index in [9.17, 15) is 14.7 Å². The van der Waals surface area contributed by atoms with E-state index in [4.69, 9.17) is 9.47 Å². The van der Waals surface area contributed by atoms with Crippen LogP contribution in [-0.2, 0) is 22.3 Å². The summed E-state index contributed by atoms with van der Waals surface area (Å²) in [5.41, 5.74) is 1.53. The lowest BCUT2D eigenvalue weighted by molar-refractivity contribution is 0.0632. The van der Waals surface area contributed by atoms with Crippen molar-refractivity contribution in [2.75, 3.05) is 19.0 Å². The summed E-state index contributed by atoms with van der Waals surface area (Å²) in [6.45, 7) is 7.96. The van der Waals surface area contributed by atoms with Gasteiger partial charge in [-0.2, -0.15) is 0 Å². The minimum atomic E-state index is -1.00. The van der Waals surface area contributed by atoms with E-state index < -0.39 is 17.7 Å². The number of rotatable bonds is 14. The Bertz CT molecular complexity index is 694. The predicted octanol–water partition coefficient (Wildman–Crippen LogP) is 6.60. The number of aromatic carboxylic acids is 1. The van der Waals surface area contributed by atoms with Gasteiger partial charge in [-0.25, -0.2) is 9.59 Å². The highest BCUT2D eigenvalue weighted by atomic mass is 16.6. The van der Waals surface area contributed by atoms with Crippen LogP contribution in [0.15, 0.2) is 12.1 Å². The fourth-order valence-corrected chi connectivity index (χ4v) is 3.53. The van der Waals surface area contributed by atoms with Crippen LogP contribution in [0.25, 0.3) is 0 Å². The number of methoxy groups -OCH3 is 1. The van der Waals surface area contributed by atoms with Crippen molar-refractivity contribution in [2.45, 2.75) is 97.5 Å². The van der Waals surface area contributed by atoms with Crippen molar-refractivity contribution in [2.24, 2.45) is 0 Å². The predicted molar refractivity (Wildman–Crippen MR) is 125 cm³/mol. The van der Waals surface area contributed by atoms with Gasteiger partial charge in [0.15, 0.2) is 0 Å². The maximum absolute atomic E-state index is 12.3. The summed E-state index contributed by atoms with van der Waals surface area (Å²) in [5.74, 6) is -1.00. The Morgan fingerprint density at radius 3 is 2.13 bits per heavy atom. The molecule has 1 rings (SSSR count). The molecule has 0 radical (unpaired) electrons. The number of anilines is 1. The Hall–Kier alpha value is -2.08. The lowest BCUT2D eigenvalue weighted by Crippen LogP contribution is -2.28. The first-order valence-electron chi connectivity index (χ1n) is 11.6. The minimum absolute atomic E-state index is 0.208. The van der Waals surface area contributed by atoms with Gasteiger partial charge in [-0.15, -0.1) is 0 Å². The summed E-state index contributed by atoms with van der Waals surface area (Å²) >= 11 is 0. The third-order valence-electron chi connectivity index (χ3n) is 5.05. The molecular formula is C25H41NO5. The zero-order chi connectivity index (χ0) is 23.3. The van der Waals surface area contributed by atoms with E-state index in [2.05, 4.69) is 12.2 Å². The van der Waals surface area contributed by atoms with Gasteiger partial charge in [-0.3, -0.25) is 5.32 Å². The molecule has 1 amide bonds.